The molecule has 0 bridgehead atoms. The van der Waals surface area contributed by atoms with Crippen LogP contribution in [0.25, 0.3) is 0 Å². The van der Waals surface area contributed by atoms with Gasteiger partial charge in [0.05, 0.1) is 11.9 Å². The van der Waals surface area contributed by atoms with Crippen molar-refractivity contribution in [1.82, 2.24) is 14.9 Å². The van der Waals surface area contributed by atoms with E-state index in [-0.39, 0.29) is 0 Å². The molecular formula is C16H21N5. The van der Waals surface area contributed by atoms with E-state index in [0.717, 1.165) is 50.6 Å². The highest BCUT2D eigenvalue weighted by molar-refractivity contribution is 5.46. The molecule has 0 amide bonds. The van der Waals surface area contributed by atoms with E-state index >= 15 is 0 Å². The number of nitrogens with two attached hydrogens (primary N) is 1. The number of hydrogen-bond donors (Lipinski definition) is 1. The first kappa shape index (κ1) is 13.8. The highest BCUT2D eigenvalue weighted by Crippen LogP contribution is 2.14. The minimum atomic E-state index is 0.717. The highest BCUT2D eigenvalue weighted by Gasteiger charge is 2.17. The molecular weight excluding hydrogens is 262 g/mol. The van der Waals surface area contributed by atoms with Crippen LogP contribution in [-0.2, 0) is 6.42 Å². The van der Waals surface area contributed by atoms with Crippen LogP contribution in [0.15, 0.2) is 42.9 Å². The summed E-state index contributed by atoms with van der Waals surface area (Å²) in [7, 11) is 0. The van der Waals surface area contributed by atoms with Crippen molar-refractivity contribution >= 4 is 11.5 Å². The first-order chi connectivity index (χ1) is 10.3. The zero-order chi connectivity index (χ0) is 14.5. The van der Waals surface area contributed by atoms with Gasteiger partial charge in [-0.05, 0) is 36.2 Å². The maximum absolute atomic E-state index is 5.68. The Balaban J connectivity index is 1.48. The Morgan fingerprint density at radius 3 is 2.43 bits per heavy atom. The number of pyridine rings is 2. The maximum Gasteiger partial charge on any atom is 0.128 e. The molecule has 0 spiro atoms. The lowest BCUT2D eigenvalue weighted by Crippen LogP contribution is -2.47. The van der Waals surface area contributed by atoms with Crippen molar-refractivity contribution in [2.45, 2.75) is 6.42 Å². The average Bonchev–Trinajstić information content (AvgIpc) is 2.55. The fraction of sp³-hybridized carbons (Fsp3) is 0.375. The van der Waals surface area contributed by atoms with Crippen molar-refractivity contribution in [3.8, 4) is 0 Å². The Labute approximate surface area is 125 Å². The third kappa shape index (κ3) is 3.70. The van der Waals surface area contributed by atoms with Gasteiger partial charge in [0.2, 0.25) is 0 Å². The summed E-state index contributed by atoms with van der Waals surface area (Å²) in [6.45, 7) is 5.31. The van der Waals surface area contributed by atoms with Crippen LogP contribution in [0.4, 0.5) is 11.5 Å². The zero-order valence-electron chi connectivity index (χ0n) is 12.2. The quantitative estimate of drug-likeness (QED) is 0.919. The van der Waals surface area contributed by atoms with Gasteiger partial charge in [0.15, 0.2) is 0 Å². The largest absolute Gasteiger partial charge is 0.397 e. The molecule has 0 unspecified atom stereocenters. The number of anilines is 2. The van der Waals surface area contributed by atoms with Crippen LogP contribution in [0, 0.1) is 0 Å². The number of nitrogen functional groups attached to an aromatic ring is 1. The maximum atomic E-state index is 5.68. The molecule has 2 aromatic rings. The number of rotatable bonds is 4. The summed E-state index contributed by atoms with van der Waals surface area (Å²) in [5, 5.41) is 0. The monoisotopic (exact) mass is 283 g/mol. The zero-order valence-corrected chi connectivity index (χ0v) is 12.2. The summed E-state index contributed by atoms with van der Waals surface area (Å²) in [4.78, 5) is 13.3. The van der Waals surface area contributed by atoms with Crippen LogP contribution in [0.1, 0.15) is 5.56 Å². The smallest absolute Gasteiger partial charge is 0.128 e. The molecule has 5 heteroatoms. The molecule has 3 heterocycles. The Bertz CT molecular complexity index is 547. The third-order valence-electron chi connectivity index (χ3n) is 3.93. The van der Waals surface area contributed by atoms with Gasteiger partial charge in [-0.1, -0.05) is 0 Å². The molecule has 0 saturated carbocycles. The Morgan fingerprint density at radius 1 is 1.00 bits per heavy atom. The standard InChI is InChI=1S/C16H21N5/c17-15-1-2-16(19-13-15)21-11-9-20(10-12-21)8-5-14-3-6-18-7-4-14/h1-4,6-7,13H,5,8-12,17H2. The van der Waals surface area contributed by atoms with E-state index in [9.17, 15) is 0 Å². The molecule has 2 aromatic heterocycles. The van der Waals surface area contributed by atoms with Gasteiger partial charge in [-0.25, -0.2) is 4.98 Å². The second-order valence-electron chi connectivity index (χ2n) is 5.38. The van der Waals surface area contributed by atoms with Crippen LogP contribution < -0.4 is 10.6 Å². The van der Waals surface area contributed by atoms with E-state index in [2.05, 4.69) is 31.9 Å². The molecule has 2 N–H and O–H groups in total. The minimum absolute atomic E-state index is 0.717. The predicted octanol–water partition coefficient (Wildman–Crippen LogP) is 1.42. The number of piperazine rings is 1. The second kappa shape index (κ2) is 6.54. The number of nitrogens with zero attached hydrogens (tertiary/aromatic N) is 4. The molecule has 1 aliphatic heterocycles. The molecule has 1 fully saturated rings. The molecule has 0 atom stereocenters. The summed E-state index contributed by atoms with van der Waals surface area (Å²) in [6, 6.07) is 8.10. The molecule has 3 rings (SSSR count). The minimum Gasteiger partial charge on any atom is -0.397 e. The molecule has 0 aliphatic carbocycles. The highest BCUT2D eigenvalue weighted by atomic mass is 15.3. The van der Waals surface area contributed by atoms with Crippen molar-refractivity contribution in [2.24, 2.45) is 0 Å². The van der Waals surface area contributed by atoms with Crippen LogP contribution in [0.5, 0.6) is 0 Å². The Morgan fingerprint density at radius 2 is 1.76 bits per heavy atom. The van der Waals surface area contributed by atoms with Crippen molar-refractivity contribution in [3.05, 3.63) is 48.4 Å². The normalized spacial score (nSPS) is 16.1. The van der Waals surface area contributed by atoms with E-state index < -0.39 is 0 Å². The Hall–Kier alpha value is -2.14. The summed E-state index contributed by atoms with van der Waals surface area (Å²) < 4.78 is 0. The van der Waals surface area contributed by atoms with Crippen molar-refractivity contribution < 1.29 is 0 Å². The second-order valence-corrected chi connectivity index (χ2v) is 5.38. The van der Waals surface area contributed by atoms with Gasteiger partial charge in [-0.3, -0.25) is 9.88 Å². The lowest BCUT2D eigenvalue weighted by Gasteiger charge is -2.35. The van der Waals surface area contributed by atoms with Gasteiger partial charge >= 0.3 is 0 Å². The number of hydrogen-bond acceptors (Lipinski definition) is 5. The summed E-state index contributed by atoms with van der Waals surface area (Å²) >= 11 is 0. The predicted molar refractivity (Wildman–Crippen MR) is 85.2 cm³/mol. The average molecular weight is 283 g/mol. The topological polar surface area (TPSA) is 58.3 Å². The summed E-state index contributed by atoms with van der Waals surface area (Å²) in [6.07, 6.45) is 6.54. The molecule has 1 aliphatic rings. The molecule has 5 nitrogen and oxygen atoms in total. The van der Waals surface area contributed by atoms with E-state index in [1.165, 1.54) is 5.56 Å². The molecule has 0 radical (unpaired) electrons. The van der Waals surface area contributed by atoms with Gasteiger partial charge in [0.25, 0.3) is 0 Å². The van der Waals surface area contributed by atoms with Gasteiger partial charge in [0, 0.05) is 45.1 Å². The van der Waals surface area contributed by atoms with Gasteiger partial charge in [0.1, 0.15) is 5.82 Å². The van der Waals surface area contributed by atoms with E-state index in [1.54, 1.807) is 6.20 Å². The van der Waals surface area contributed by atoms with Crippen LogP contribution in [-0.4, -0.2) is 47.6 Å². The molecule has 0 aromatic carbocycles. The molecule has 1 saturated heterocycles. The fourth-order valence-electron chi connectivity index (χ4n) is 2.62. The third-order valence-corrected chi connectivity index (χ3v) is 3.93. The van der Waals surface area contributed by atoms with E-state index in [0.29, 0.717) is 0 Å². The first-order valence-electron chi connectivity index (χ1n) is 7.39. The van der Waals surface area contributed by atoms with Crippen LogP contribution in [0.2, 0.25) is 0 Å². The van der Waals surface area contributed by atoms with E-state index in [4.69, 9.17) is 5.73 Å². The van der Waals surface area contributed by atoms with Crippen LogP contribution >= 0.6 is 0 Å². The van der Waals surface area contributed by atoms with Crippen molar-refractivity contribution in [1.29, 1.82) is 0 Å². The summed E-state index contributed by atoms with van der Waals surface area (Å²) in [5.74, 6) is 1.03. The van der Waals surface area contributed by atoms with Crippen molar-refractivity contribution in [2.75, 3.05) is 43.4 Å². The lowest BCUT2D eigenvalue weighted by molar-refractivity contribution is 0.260. The fourth-order valence-corrected chi connectivity index (χ4v) is 2.62. The summed E-state index contributed by atoms with van der Waals surface area (Å²) in [5.41, 5.74) is 7.75. The molecule has 21 heavy (non-hydrogen) atoms. The van der Waals surface area contributed by atoms with Crippen LogP contribution in [0.3, 0.4) is 0 Å². The van der Waals surface area contributed by atoms with E-state index in [1.807, 2.05) is 24.5 Å². The SMILES string of the molecule is Nc1ccc(N2CCN(CCc3ccncc3)CC2)nc1. The van der Waals surface area contributed by atoms with Crippen molar-refractivity contribution in [3.63, 3.8) is 0 Å². The molecule has 110 valence electrons. The lowest BCUT2D eigenvalue weighted by atomic mass is 10.2. The first-order valence-corrected chi connectivity index (χ1v) is 7.39. The van der Waals surface area contributed by atoms with Gasteiger partial charge in [-0.2, -0.15) is 0 Å². The number of aromatic nitrogens is 2. The van der Waals surface area contributed by atoms with Gasteiger partial charge in [-0.15, -0.1) is 0 Å². The Kier molecular flexibility index (Phi) is 4.31. The van der Waals surface area contributed by atoms with Gasteiger partial charge < -0.3 is 10.6 Å².